The van der Waals surface area contributed by atoms with E-state index in [1.54, 1.807) is 0 Å². The maximum atomic E-state index is 8.19. The van der Waals surface area contributed by atoms with Crippen LogP contribution in [-0.4, -0.2) is 6.04 Å². The predicted octanol–water partition coefficient (Wildman–Crippen LogP) is 1.03. The van der Waals surface area contributed by atoms with Crippen molar-refractivity contribution in [2.24, 2.45) is 5.73 Å². The smallest absolute Gasteiger partial charge is 0.0928 e. The van der Waals surface area contributed by atoms with E-state index in [0.717, 1.165) is 19.3 Å². The number of hydrogen-bond acceptors (Lipinski definition) is 2. The number of nitrogens with two attached hydrogens (primary N) is 1. The maximum Gasteiger partial charge on any atom is 0.0928 e. The average molecular weight is 112 g/mol. The molecule has 8 heavy (non-hydrogen) atoms. The minimum absolute atomic E-state index is 0.241. The molecule has 2 N–H and O–H groups in total. The molecule has 0 saturated heterocycles. The van der Waals surface area contributed by atoms with Gasteiger partial charge >= 0.3 is 0 Å². The topological polar surface area (TPSA) is 49.8 Å². The molecule has 2 nitrogen and oxygen atoms in total. The van der Waals surface area contributed by atoms with Gasteiger partial charge in [-0.15, -0.1) is 0 Å². The minimum atomic E-state index is -0.241. The molecule has 0 spiro atoms. The van der Waals surface area contributed by atoms with Gasteiger partial charge in [0.2, 0.25) is 0 Å². The third-order valence-corrected chi connectivity index (χ3v) is 1.03. The van der Waals surface area contributed by atoms with Crippen LogP contribution in [0.25, 0.3) is 0 Å². The molecule has 0 rings (SSSR count). The first-order valence-electron chi connectivity index (χ1n) is 2.96. The molecule has 0 aromatic rings. The Labute approximate surface area is 50.3 Å². The standard InChI is InChI=1S/C6H12N2/c1-2-3-4-6(8)5-7/h6H,2-4,8H2,1H3/t6-/m1/s1. The van der Waals surface area contributed by atoms with Crippen molar-refractivity contribution < 1.29 is 0 Å². The van der Waals surface area contributed by atoms with E-state index < -0.39 is 0 Å². The molecule has 0 saturated carbocycles. The third-order valence-electron chi connectivity index (χ3n) is 1.03. The summed E-state index contributed by atoms with van der Waals surface area (Å²) < 4.78 is 0. The van der Waals surface area contributed by atoms with Gasteiger partial charge in [0.1, 0.15) is 0 Å². The number of nitriles is 1. The van der Waals surface area contributed by atoms with E-state index in [1.807, 2.05) is 6.07 Å². The average Bonchev–Trinajstić information content (AvgIpc) is 1.83. The Morgan fingerprint density at radius 3 is 2.75 bits per heavy atom. The van der Waals surface area contributed by atoms with E-state index >= 15 is 0 Å². The zero-order valence-corrected chi connectivity index (χ0v) is 5.22. The van der Waals surface area contributed by atoms with Gasteiger partial charge in [-0.1, -0.05) is 19.8 Å². The Kier molecular flexibility index (Phi) is 4.29. The molecular formula is C6H12N2. The third kappa shape index (κ3) is 3.63. The maximum absolute atomic E-state index is 8.19. The number of rotatable bonds is 3. The quantitative estimate of drug-likeness (QED) is 0.592. The van der Waals surface area contributed by atoms with Crippen molar-refractivity contribution in [1.29, 1.82) is 5.26 Å². The van der Waals surface area contributed by atoms with Crippen LogP contribution in [0.15, 0.2) is 0 Å². The van der Waals surface area contributed by atoms with Crippen molar-refractivity contribution in [2.45, 2.75) is 32.2 Å². The molecule has 0 unspecified atom stereocenters. The van der Waals surface area contributed by atoms with Crippen LogP contribution in [0.2, 0.25) is 0 Å². The van der Waals surface area contributed by atoms with E-state index in [1.165, 1.54) is 0 Å². The van der Waals surface area contributed by atoms with Gasteiger partial charge in [0.05, 0.1) is 12.1 Å². The van der Waals surface area contributed by atoms with E-state index in [-0.39, 0.29) is 6.04 Å². The van der Waals surface area contributed by atoms with Crippen molar-refractivity contribution in [2.75, 3.05) is 0 Å². The summed E-state index contributed by atoms with van der Waals surface area (Å²) in [6, 6.07) is 1.74. The van der Waals surface area contributed by atoms with Crippen LogP contribution in [0.1, 0.15) is 26.2 Å². The lowest BCUT2D eigenvalue weighted by Gasteiger charge is -1.96. The van der Waals surface area contributed by atoms with Gasteiger partial charge in [0.15, 0.2) is 0 Å². The van der Waals surface area contributed by atoms with Crippen molar-refractivity contribution in [3.05, 3.63) is 0 Å². The SMILES string of the molecule is CCCC[C@@H](N)C#N. The highest BCUT2D eigenvalue weighted by molar-refractivity contribution is 4.85. The summed E-state index contributed by atoms with van der Waals surface area (Å²) in [6.07, 6.45) is 3.02. The van der Waals surface area contributed by atoms with Gasteiger partial charge in [0, 0.05) is 0 Å². The molecule has 0 aromatic heterocycles. The molecule has 2 heteroatoms. The fraction of sp³-hybridized carbons (Fsp3) is 0.833. The Morgan fingerprint density at radius 1 is 1.75 bits per heavy atom. The van der Waals surface area contributed by atoms with Crippen LogP contribution in [0.3, 0.4) is 0 Å². The second-order valence-electron chi connectivity index (χ2n) is 1.88. The van der Waals surface area contributed by atoms with Gasteiger partial charge in [-0.25, -0.2) is 0 Å². The highest BCUT2D eigenvalue weighted by atomic mass is 14.6. The predicted molar refractivity (Wildman–Crippen MR) is 33.1 cm³/mol. The minimum Gasteiger partial charge on any atom is -0.316 e. The van der Waals surface area contributed by atoms with Crippen LogP contribution in [0, 0.1) is 11.3 Å². The fourth-order valence-corrected chi connectivity index (χ4v) is 0.489. The lowest BCUT2D eigenvalue weighted by atomic mass is 10.1. The molecule has 0 aliphatic rings. The van der Waals surface area contributed by atoms with Crippen molar-refractivity contribution in [1.82, 2.24) is 0 Å². The zero-order chi connectivity index (χ0) is 6.41. The second-order valence-corrected chi connectivity index (χ2v) is 1.88. The van der Waals surface area contributed by atoms with Crippen molar-refractivity contribution in [3.8, 4) is 6.07 Å². The summed E-state index contributed by atoms with van der Waals surface area (Å²) in [5.74, 6) is 0. The molecule has 0 aromatic carbocycles. The Hall–Kier alpha value is -0.550. The van der Waals surface area contributed by atoms with Crippen LogP contribution < -0.4 is 5.73 Å². The molecule has 0 radical (unpaired) electrons. The first-order chi connectivity index (χ1) is 3.81. The normalized spacial score (nSPS) is 12.6. The summed E-state index contributed by atoms with van der Waals surface area (Å²) in [6.45, 7) is 2.09. The molecule has 0 amide bonds. The molecule has 0 fully saturated rings. The van der Waals surface area contributed by atoms with Crippen molar-refractivity contribution in [3.63, 3.8) is 0 Å². The largest absolute Gasteiger partial charge is 0.316 e. The summed E-state index contributed by atoms with van der Waals surface area (Å²) in [7, 11) is 0. The van der Waals surface area contributed by atoms with Gasteiger partial charge in [-0.2, -0.15) is 5.26 Å². The van der Waals surface area contributed by atoms with E-state index in [0.29, 0.717) is 0 Å². The van der Waals surface area contributed by atoms with Crippen LogP contribution in [0.4, 0.5) is 0 Å². The van der Waals surface area contributed by atoms with Gasteiger partial charge in [0.25, 0.3) is 0 Å². The fourth-order valence-electron chi connectivity index (χ4n) is 0.489. The summed E-state index contributed by atoms with van der Waals surface area (Å²) in [5.41, 5.74) is 5.30. The molecule has 0 heterocycles. The highest BCUT2D eigenvalue weighted by Gasteiger charge is 1.95. The molecule has 46 valence electrons. The zero-order valence-electron chi connectivity index (χ0n) is 5.22. The highest BCUT2D eigenvalue weighted by Crippen LogP contribution is 1.95. The summed E-state index contributed by atoms with van der Waals surface area (Å²) in [5, 5.41) is 8.19. The van der Waals surface area contributed by atoms with Crippen molar-refractivity contribution >= 4 is 0 Å². The van der Waals surface area contributed by atoms with Gasteiger partial charge in [-0.05, 0) is 6.42 Å². The molecule has 1 atom stereocenters. The summed E-state index contributed by atoms with van der Waals surface area (Å²) >= 11 is 0. The first kappa shape index (κ1) is 7.45. The molecule has 0 bridgehead atoms. The van der Waals surface area contributed by atoms with E-state index in [2.05, 4.69) is 6.92 Å². The molecule has 0 aliphatic heterocycles. The monoisotopic (exact) mass is 112 g/mol. The van der Waals surface area contributed by atoms with Gasteiger partial charge < -0.3 is 5.73 Å². The Morgan fingerprint density at radius 2 is 2.38 bits per heavy atom. The lowest BCUT2D eigenvalue weighted by Crippen LogP contribution is -2.16. The van der Waals surface area contributed by atoms with Crippen LogP contribution >= 0.6 is 0 Å². The number of hydrogen-bond donors (Lipinski definition) is 1. The van der Waals surface area contributed by atoms with Crippen LogP contribution in [-0.2, 0) is 0 Å². The number of unbranched alkanes of at least 4 members (excludes halogenated alkanes) is 1. The first-order valence-corrected chi connectivity index (χ1v) is 2.96. The van der Waals surface area contributed by atoms with E-state index in [9.17, 15) is 0 Å². The van der Waals surface area contributed by atoms with Gasteiger partial charge in [-0.3, -0.25) is 0 Å². The molecular weight excluding hydrogens is 100 g/mol. The molecule has 0 aliphatic carbocycles. The Bertz CT molecular complexity index is 83.0. The van der Waals surface area contributed by atoms with E-state index in [4.69, 9.17) is 11.0 Å². The lowest BCUT2D eigenvalue weighted by molar-refractivity contribution is 0.662. The Balaban J connectivity index is 3.02. The second kappa shape index (κ2) is 4.61. The van der Waals surface area contributed by atoms with Crippen LogP contribution in [0.5, 0.6) is 0 Å². The summed E-state index contributed by atoms with van der Waals surface area (Å²) in [4.78, 5) is 0. The number of nitrogens with zero attached hydrogens (tertiary/aromatic N) is 1.